The Bertz CT molecular complexity index is 456. The van der Waals surface area contributed by atoms with E-state index >= 15 is 0 Å². The molecule has 1 aromatic rings. The summed E-state index contributed by atoms with van der Waals surface area (Å²) in [6.45, 7) is 4.79. The Morgan fingerprint density at radius 2 is 1.95 bits per heavy atom. The molecule has 0 aliphatic heterocycles. The average Bonchev–Trinajstić information content (AvgIpc) is 2.78. The van der Waals surface area contributed by atoms with Crippen LogP contribution in [0.3, 0.4) is 0 Å². The highest BCUT2D eigenvalue weighted by Crippen LogP contribution is 2.47. The Labute approximate surface area is 131 Å². The number of methoxy groups -OCH3 is 2. The second-order valence-corrected chi connectivity index (χ2v) is 7.57. The molecule has 0 amide bonds. The molecular weight excluding hydrogens is 316 g/mol. The van der Waals surface area contributed by atoms with Gasteiger partial charge >= 0.3 is 0 Å². The third-order valence-corrected chi connectivity index (χ3v) is 5.62. The van der Waals surface area contributed by atoms with Gasteiger partial charge in [-0.3, -0.25) is 0 Å². The number of alkyl halides is 1. The molecule has 0 N–H and O–H groups in total. The van der Waals surface area contributed by atoms with Crippen LogP contribution in [0.2, 0.25) is 0 Å². The van der Waals surface area contributed by atoms with Gasteiger partial charge in [0, 0.05) is 4.83 Å². The molecule has 1 aromatic carbocycles. The predicted octanol–water partition coefficient (Wildman–Crippen LogP) is 4.84. The van der Waals surface area contributed by atoms with Gasteiger partial charge in [0.15, 0.2) is 11.5 Å². The standard InChI is InChI=1S/C17H25BrO2/c1-17(2)9-5-6-13(17)14(18)10-12-7-8-15(19-3)16(11-12)20-4/h7-8,11,13-14H,5-6,9-10H2,1-4H3. The molecule has 2 unspecified atom stereocenters. The first-order chi connectivity index (χ1) is 9.47. The van der Waals surface area contributed by atoms with Gasteiger partial charge in [0.05, 0.1) is 14.2 Å². The molecule has 1 aliphatic rings. The van der Waals surface area contributed by atoms with E-state index in [2.05, 4.69) is 41.9 Å². The van der Waals surface area contributed by atoms with Crippen molar-refractivity contribution in [2.24, 2.45) is 11.3 Å². The topological polar surface area (TPSA) is 18.5 Å². The van der Waals surface area contributed by atoms with Crippen molar-refractivity contribution in [2.45, 2.75) is 44.4 Å². The van der Waals surface area contributed by atoms with Crippen molar-refractivity contribution in [2.75, 3.05) is 14.2 Å². The van der Waals surface area contributed by atoms with Crippen LogP contribution in [0, 0.1) is 11.3 Å². The van der Waals surface area contributed by atoms with Crippen molar-refractivity contribution in [1.82, 2.24) is 0 Å². The van der Waals surface area contributed by atoms with Crippen molar-refractivity contribution < 1.29 is 9.47 Å². The van der Waals surface area contributed by atoms with E-state index in [0.29, 0.717) is 10.2 Å². The largest absolute Gasteiger partial charge is 0.493 e. The van der Waals surface area contributed by atoms with Crippen molar-refractivity contribution in [3.05, 3.63) is 23.8 Å². The van der Waals surface area contributed by atoms with Gasteiger partial charge < -0.3 is 9.47 Å². The van der Waals surface area contributed by atoms with Gasteiger partial charge in [0.1, 0.15) is 0 Å². The van der Waals surface area contributed by atoms with Crippen LogP contribution in [0.25, 0.3) is 0 Å². The Balaban J connectivity index is 2.10. The van der Waals surface area contributed by atoms with Crippen LogP contribution >= 0.6 is 15.9 Å². The van der Waals surface area contributed by atoms with Gasteiger partial charge in [0.2, 0.25) is 0 Å². The molecule has 20 heavy (non-hydrogen) atoms. The van der Waals surface area contributed by atoms with Crippen LogP contribution in [-0.2, 0) is 6.42 Å². The number of hydrogen-bond donors (Lipinski definition) is 0. The van der Waals surface area contributed by atoms with E-state index in [1.54, 1.807) is 14.2 Å². The van der Waals surface area contributed by atoms with Crippen LogP contribution < -0.4 is 9.47 Å². The quantitative estimate of drug-likeness (QED) is 0.714. The summed E-state index contributed by atoms with van der Waals surface area (Å²) in [5.74, 6) is 2.36. The summed E-state index contributed by atoms with van der Waals surface area (Å²) < 4.78 is 10.7. The zero-order valence-corrected chi connectivity index (χ0v) is 14.5. The highest BCUT2D eigenvalue weighted by molar-refractivity contribution is 9.09. The maximum Gasteiger partial charge on any atom is 0.160 e. The molecule has 0 bridgehead atoms. The summed E-state index contributed by atoms with van der Waals surface area (Å²) in [6, 6.07) is 6.22. The van der Waals surface area contributed by atoms with Crippen LogP contribution in [-0.4, -0.2) is 19.0 Å². The van der Waals surface area contributed by atoms with E-state index in [9.17, 15) is 0 Å². The summed E-state index contributed by atoms with van der Waals surface area (Å²) in [5.41, 5.74) is 1.75. The molecule has 2 atom stereocenters. The minimum atomic E-state index is 0.449. The Morgan fingerprint density at radius 1 is 1.25 bits per heavy atom. The van der Waals surface area contributed by atoms with Gasteiger partial charge in [-0.1, -0.05) is 42.3 Å². The molecule has 2 rings (SSSR count). The fourth-order valence-corrected chi connectivity index (χ4v) is 4.75. The lowest BCUT2D eigenvalue weighted by molar-refractivity contribution is 0.255. The molecule has 112 valence electrons. The van der Waals surface area contributed by atoms with E-state index in [1.165, 1.54) is 24.8 Å². The number of benzene rings is 1. The first-order valence-electron chi connectivity index (χ1n) is 7.33. The molecule has 0 heterocycles. The molecule has 1 fully saturated rings. The molecule has 1 aliphatic carbocycles. The van der Waals surface area contributed by atoms with Gasteiger partial charge in [-0.05, 0) is 48.3 Å². The van der Waals surface area contributed by atoms with Crippen molar-refractivity contribution in [3.63, 3.8) is 0 Å². The van der Waals surface area contributed by atoms with E-state index in [0.717, 1.165) is 23.8 Å². The molecule has 0 saturated heterocycles. The second-order valence-electron chi connectivity index (χ2n) is 6.40. The summed E-state index contributed by atoms with van der Waals surface area (Å²) in [5, 5.41) is 0. The van der Waals surface area contributed by atoms with Crippen LogP contribution in [0.5, 0.6) is 11.5 Å². The first-order valence-corrected chi connectivity index (χ1v) is 8.24. The third kappa shape index (κ3) is 3.30. The predicted molar refractivity (Wildman–Crippen MR) is 87.1 cm³/mol. The molecule has 0 aromatic heterocycles. The lowest BCUT2D eigenvalue weighted by atomic mass is 9.79. The fourth-order valence-electron chi connectivity index (χ4n) is 3.40. The van der Waals surface area contributed by atoms with Crippen molar-refractivity contribution >= 4 is 15.9 Å². The number of hydrogen-bond acceptors (Lipinski definition) is 2. The SMILES string of the molecule is COc1ccc(CC(Br)C2CCCC2(C)C)cc1OC. The van der Waals surface area contributed by atoms with E-state index in [1.807, 2.05) is 6.07 Å². The Hall–Kier alpha value is -0.700. The van der Waals surface area contributed by atoms with Crippen molar-refractivity contribution in [3.8, 4) is 11.5 Å². The monoisotopic (exact) mass is 340 g/mol. The van der Waals surface area contributed by atoms with E-state index < -0.39 is 0 Å². The maximum atomic E-state index is 5.38. The lowest BCUT2D eigenvalue weighted by Gasteiger charge is -2.31. The zero-order chi connectivity index (χ0) is 14.8. The smallest absolute Gasteiger partial charge is 0.160 e. The van der Waals surface area contributed by atoms with Gasteiger partial charge in [-0.25, -0.2) is 0 Å². The second kappa shape index (κ2) is 6.38. The number of rotatable bonds is 5. The summed E-state index contributed by atoms with van der Waals surface area (Å²) >= 11 is 3.93. The van der Waals surface area contributed by atoms with Gasteiger partial charge in [0.25, 0.3) is 0 Å². The van der Waals surface area contributed by atoms with Crippen LogP contribution in [0.1, 0.15) is 38.7 Å². The molecule has 3 heteroatoms. The minimum Gasteiger partial charge on any atom is -0.493 e. The summed E-state index contributed by atoms with van der Waals surface area (Å²) in [6.07, 6.45) is 5.06. The maximum absolute atomic E-state index is 5.38. The van der Waals surface area contributed by atoms with Crippen LogP contribution in [0.4, 0.5) is 0 Å². The van der Waals surface area contributed by atoms with E-state index in [-0.39, 0.29) is 0 Å². The van der Waals surface area contributed by atoms with Gasteiger partial charge in [-0.2, -0.15) is 0 Å². The third-order valence-electron chi connectivity index (χ3n) is 4.66. The molecule has 0 spiro atoms. The normalized spacial score (nSPS) is 22.6. The number of ether oxygens (including phenoxy) is 2. The average molecular weight is 341 g/mol. The number of halogens is 1. The summed E-state index contributed by atoms with van der Waals surface area (Å²) in [4.78, 5) is 0.526. The summed E-state index contributed by atoms with van der Waals surface area (Å²) in [7, 11) is 3.36. The minimum absolute atomic E-state index is 0.449. The van der Waals surface area contributed by atoms with Crippen LogP contribution in [0.15, 0.2) is 18.2 Å². The molecule has 1 saturated carbocycles. The highest BCUT2D eigenvalue weighted by atomic mass is 79.9. The molecule has 2 nitrogen and oxygen atoms in total. The van der Waals surface area contributed by atoms with Crippen molar-refractivity contribution in [1.29, 1.82) is 0 Å². The Kier molecular flexibility index (Phi) is 5.00. The Morgan fingerprint density at radius 3 is 2.50 bits per heavy atom. The first kappa shape index (κ1) is 15.7. The fraction of sp³-hybridized carbons (Fsp3) is 0.647. The lowest BCUT2D eigenvalue weighted by Crippen LogP contribution is -2.27. The zero-order valence-electron chi connectivity index (χ0n) is 12.9. The van der Waals surface area contributed by atoms with E-state index in [4.69, 9.17) is 9.47 Å². The molecule has 0 radical (unpaired) electrons. The highest BCUT2D eigenvalue weighted by Gasteiger charge is 2.38. The van der Waals surface area contributed by atoms with Gasteiger partial charge in [-0.15, -0.1) is 0 Å². The molecular formula is C17H25BrO2.